The van der Waals surface area contributed by atoms with Crippen LogP contribution < -0.4 is 11.8 Å². The summed E-state index contributed by atoms with van der Waals surface area (Å²) < 4.78 is 15.4. The molecule has 0 rings (SSSR count). The minimum Gasteiger partial charge on any atom is -0.379 e. The van der Waals surface area contributed by atoms with Crippen LogP contribution in [-0.4, -0.2) is 45.9 Å². The summed E-state index contributed by atoms with van der Waals surface area (Å²) in [5.74, 6) is 9.69. The highest BCUT2D eigenvalue weighted by atomic mass is 16.8. The molecule has 0 unspecified atom stereocenters. The number of rotatable bonds is 11. The van der Waals surface area contributed by atoms with Gasteiger partial charge in [-0.3, -0.25) is 9.68 Å². The van der Waals surface area contributed by atoms with Crippen molar-refractivity contribution < 1.29 is 23.9 Å². The molecule has 0 radical (unpaired) electrons. The zero-order chi connectivity index (χ0) is 11.4. The SMILES string of the molecule is CCOCCOCCOCC(ON)ON. The van der Waals surface area contributed by atoms with Crippen LogP contribution in [0.1, 0.15) is 6.92 Å². The fraction of sp³-hybridized carbons (Fsp3) is 1.00. The topological polar surface area (TPSA) is 98.2 Å². The molecule has 0 amide bonds. The Labute approximate surface area is 89.4 Å². The highest BCUT2D eigenvalue weighted by Crippen LogP contribution is 1.88. The molecule has 0 saturated carbocycles. The quantitative estimate of drug-likeness (QED) is 0.268. The number of hydrogen-bond donors (Lipinski definition) is 2. The molecule has 0 bridgehead atoms. The second-order valence-electron chi connectivity index (χ2n) is 2.59. The van der Waals surface area contributed by atoms with Crippen LogP contribution in [-0.2, 0) is 23.9 Å². The molecule has 0 aliphatic rings. The maximum Gasteiger partial charge on any atom is 0.219 e. The Balaban J connectivity index is 3.04. The molecule has 0 atom stereocenters. The molecule has 15 heavy (non-hydrogen) atoms. The van der Waals surface area contributed by atoms with Gasteiger partial charge in [-0.1, -0.05) is 0 Å². The predicted octanol–water partition coefficient (Wildman–Crippen LogP) is -0.837. The predicted molar refractivity (Wildman–Crippen MR) is 52.5 cm³/mol. The Hall–Kier alpha value is -0.280. The molecular formula is C8H20N2O5. The Morgan fingerprint density at radius 2 is 1.40 bits per heavy atom. The van der Waals surface area contributed by atoms with Gasteiger partial charge in [0.2, 0.25) is 6.29 Å². The third-order valence-corrected chi connectivity index (χ3v) is 1.51. The summed E-state index contributed by atoms with van der Waals surface area (Å²) in [7, 11) is 0. The molecule has 0 aromatic rings. The lowest BCUT2D eigenvalue weighted by Gasteiger charge is -2.11. The average Bonchev–Trinajstić information content (AvgIpc) is 2.27. The van der Waals surface area contributed by atoms with Crippen molar-refractivity contribution in [2.75, 3.05) is 39.6 Å². The van der Waals surface area contributed by atoms with Gasteiger partial charge in [0.1, 0.15) is 6.61 Å². The van der Waals surface area contributed by atoms with Gasteiger partial charge in [0.15, 0.2) is 0 Å². The molecule has 0 saturated heterocycles. The van der Waals surface area contributed by atoms with E-state index < -0.39 is 6.29 Å². The van der Waals surface area contributed by atoms with Crippen LogP contribution in [0.4, 0.5) is 0 Å². The lowest BCUT2D eigenvalue weighted by Crippen LogP contribution is -2.29. The van der Waals surface area contributed by atoms with Crippen molar-refractivity contribution >= 4 is 0 Å². The highest BCUT2D eigenvalue weighted by molar-refractivity contribution is 4.37. The highest BCUT2D eigenvalue weighted by Gasteiger charge is 2.05. The maximum absolute atomic E-state index is 5.19. The standard InChI is InChI=1S/C8H20N2O5/c1-2-11-3-4-12-5-6-13-7-8(14-9)15-10/h8H,2-7,9-10H2,1H3. The number of nitrogens with two attached hydrogens (primary N) is 2. The van der Waals surface area contributed by atoms with Crippen molar-refractivity contribution in [3.63, 3.8) is 0 Å². The fourth-order valence-electron chi connectivity index (χ4n) is 0.772. The molecule has 0 fully saturated rings. The van der Waals surface area contributed by atoms with Crippen LogP contribution in [0.15, 0.2) is 0 Å². The van der Waals surface area contributed by atoms with Gasteiger partial charge in [-0.05, 0) is 6.92 Å². The van der Waals surface area contributed by atoms with Gasteiger partial charge in [0.25, 0.3) is 0 Å². The van der Waals surface area contributed by atoms with Gasteiger partial charge in [-0.2, -0.15) is 0 Å². The normalized spacial score (nSPS) is 11.2. The van der Waals surface area contributed by atoms with Crippen LogP contribution in [0.25, 0.3) is 0 Å². The zero-order valence-corrected chi connectivity index (χ0v) is 9.02. The summed E-state index contributed by atoms with van der Waals surface area (Å²) in [6.45, 7) is 4.86. The van der Waals surface area contributed by atoms with E-state index in [2.05, 4.69) is 9.68 Å². The van der Waals surface area contributed by atoms with Crippen LogP contribution in [0.5, 0.6) is 0 Å². The summed E-state index contributed by atoms with van der Waals surface area (Å²) in [6.07, 6.45) is -0.742. The van der Waals surface area contributed by atoms with Gasteiger partial charge in [0, 0.05) is 6.61 Å². The van der Waals surface area contributed by atoms with Crippen LogP contribution in [0.2, 0.25) is 0 Å². The molecule has 0 spiro atoms. The summed E-state index contributed by atoms with van der Waals surface area (Å²) in [4.78, 5) is 8.65. The van der Waals surface area contributed by atoms with Crippen molar-refractivity contribution in [3.05, 3.63) is 0 Å². The summed E-state index contributed by atoms with van der Waals surface area (Å²) in [6, 6.07) is 0. The average molecular weight is 224 g/mol. The van der Waals surface area contributed by atoms with Crippen molar-refractivity contribution in [1.82, 2.24) is 0 Å². The van der Waals surface area contributed by atoms with Crippen molar-refractivity contribution in [2.24, 2.45) is 11.8 Å². The minimum atomic E-state index is -0.742. The molecule has 7 nitrogen and oxygen atoms in total. The van der Waals surface area contributed by atoms with Crippen LogP contribution >= 0.6 is 0 Å². The molecule has 0 aliphatic heterocycles. The monoisotopic (exact) mass is 224 g/mol. The third kappa shape index (κ3) is 10.0. The van der Waals surface area contributed by atoms with E-state index in [9.17, 15) is 0 Å². The zero-order valence-electron chi connectivity index (χ0n) is 9.02. The number of ether oxygens (including phenoxy) is 3. The van der Waals surface area contributed by atoms with E-state index in [1.54, 1.807) is 0 Å². The van der Waals surface area contributed by atoms with Crippen LogP contribution in [0.3, 0.4) is 0 Å². The molecule has 0 aromatic carbocycles. The van der Waals surface area contributed by atoms with Crippen molar-refractivity contribution in [3.8, 4) is 0 Å². The van der Waals surface area contributed by atoms with E-state index in [0.717, 1.165) is 0 Å². The lowest BCUT2D eigenvalue weighted by atomic mass is 10.6. The Bertz CT molecular complexity index is 124. The van der Waals surface area contributed by atoms with Gasteiger partial charge in [0.05, 0.1) is 26.4 Å². The third-order valence-electron chi connectivity index (χ3n) is 1.51. The Morgan fingerprint density at radius 3 is 1.93 bits per heavy atom. The minimum absolute atomic E-state index is 0.168. The second kappa shape index (κ2) is 11.8. The molecular weight excluding hydrogens is 204 g/mol. The first kappa shape index (κ1) is 14.7. The smallest absolute Gasteiger partial charge is 0.219 e. The number of hydrogen-bond acceptors (Lipinski definition) is 7. The Kier molecular flexibility index (Phi) is 11.6. The van der Waals surface area contributed by atoms with E-state index in [-0.39, 0.29) is 6.61 Å². The van der Waals surface area contributed by atoms with Crippen LogP contribution in [0, 0.1) is 0 Å². The lowest BCUT2D eigenvalue weighted by molar-refractivity contribution is -0.179. The molecule has 7 heteroatoms. The van der Waals surface area contributed by atoms with E-state index in [0.29, 0.717) is 33.0 Å². The molecule has 0 aromatic heterocycles. The van der Waals surface area contributed by atoms with E-state index >= 15 is 0 Å². The van der Waals surface area contributed by atoms with Crippen molar-refractivity contribution in [2.45, 2.75) is 13.2 Å². The summed E-state index contributed by atoms with van der Waals surface area (Å²) in [5.41, 5.74) is 0. The molecule has 0 aliphatic carbocycles. The van der Waals surface area contributed by atoms with Crippen molar-refractivity contribution in [1.29, 1.82) is 0 Å². The molecule has 4 N–H and O–H groups in total. The van der Waals surface area contributed by atoms with E-state index in [1.165, 1.54) is 0 Å². The summed E-state index contributed by atoms with van der Waals surface area (Å²) >= 11 is 0. The van der Waals surface area contributed by atoms with Gasteiger partial charge < -0.3 is 14.2 Å². The van der Waals surface area contributed by atoms with Gasteiger partial charge >= 0.3 is 0 Å². The molecule has 92 valence electrons. The van der Waals surface area contributed by atoms with E-state index in [1.807, 2.05) is 6.92 Å². The second-order valence-corrected chi connectivity index (χ2v) is 2.59. The molecule has 0 heterocycles. The van der Waals surface area contributed by atoms with E-state index in [4.69, 9.17) is 26.0 Å². The first-order valence-corrected chi connectivity index (χ1v) is 4.79. The first-order chi connectivity index (χ1) is 7.35. The van der Waals surface area contributed by atoms with Gasteiger partial charge in [-0.15, -0.1) is 0 Å². The Morgan fingerprint density at radius 1 is 0.867 bits per heavy atom. The fourth-order valence-corrected chi connectivity index (χ4v) is 0.772. The maximum atomic E-state index is 5.19. The largest absolute Gasteiger partial charge is 0.379 e. The van der Waals surface area contributed by atoms with Gasteiger partial charge in [-0.25, -0.2) is 11.8 Å². The first-order valence-electron chi connectivity index (χ1n) is 4.79. The summed E-state index contributed by atoms with van der Waals surface area (Å²) in [5, 5.41) is 0.